The predicted molar refractivity (Wildman–Crippen MR) is 207 cm³/mol. The summed E-state index contributed by atoms with van der Waals surface area (Å²) in [6.07, 6.45) is 13.3. The van der Waals surface area contributed by atoms with Gasteiger partial charge in [-0.1, -0.05) is 152 Å². The van der Waals surface area contributed by atoms with E-state index in [1.807, 2.05) is 60.7 Å². The molecule has 2 heterocycles. The average molecular weight is 642 g/mol. The Kier molecular flexibility index (Phi) is 7.33. The van der Waals surface area contributed by atoms with Crippen molar-refractivity contribution in [2.45, 2.75) is 6.42 Å². The lowest BCUT2D eigenvalue weighted by atomic mass is 9.98. The lowest BCUT2D eigenvalue weighted by Crippen LogP contribution is -2.01. The first-order valence-corrected chi connectivity index (χ1v) is 16.8. The number of fused-ring (bicyclic) bond motifs is 5. The van der Waals surface area contributed by atoms with Crippen molar-refractivity contribution in [1.29, 1.82) is 0 Å². The van der Waals surface area contributed by atoms with Crippen LogP contribution < -0.4 is 0 Å². The molecule has 0 amide bonds. The van der Waals surface area contributed by atoms with E-state index in [0.717, 1.165) is 67.3 Å². The summed E-state index contributed by atoms with van der Waals surface area (Å²) in [5.74, 6) is 1.82. The van der Waals surface area contributed by atoms with Crippen molar-refractivity contribution >= 4 is 38.8 Å². The third kappa shape index (κ3) is 5.43. The first-order valence-electron chi connectivity index (χ1n) is 16.8. The highest BCUT2D eigenvalue weighted by Crippen LogP contribution is 2.41. The van der Waals surface area contributed by atoms with Crippen LogP contribution in [0.15, 0.2) is 174 Å². The number of para-hydroxylation sites is 1. The highest BCUT2D eigenvalue weighted by atomic mass is 16.3. The summed E-state index contributed by atoms with van der Waals surface area (Å²) in [4.78, 5) is 15.3. The Balaban J connectivity index is 1.23. The van der Waals surface area contributed by atoms with Crippen molar-refractivity contribution in [3.05, 3.63) is 181 Å². The highest BCUT2D eigenvalue weighted by molar-refractivity contribution is 6.15. The molecule has 0 unspecified atom stereocenters. The summed E-state index contributed by atoms with van der Waals surface area (Å²) in [6, 6.07) is 44.0. The number of benzene rings is 6. The summed E-state index contributed by atoms with van der Waals surface area (Å²) in [5.41, 5.74) is 9.78. The van der Waals surface area contributed by atoms with Crippen LogP contribution >= 0.6 is 0 Å². The maximum Gasteiger partial charge on any atom is 0.164 e. The molecule has 0 spiro atoms. The Labute approximate surface area is 290 Å². The second-order valence-electron chi connectivity index (χ2n) is 12.5. The third-order valence-corrected chi connectivity index (χ3v) is 9.27. The van der Waals surface area contributed by atoms with E-state index in [4.69, 9.17) is 19.4 Å². The van der Waals surface area contributed by atoms with Crippen LogP contribution in [0.4, 0.5) is 0 Å². The minimum Gasteiger partial charge on any atom is -0.455 e. The van der Waals surface area contributed by atoms with Gasteiger partial charge in [0.25, 0.3) is 0 Å². The van der Waals surface area contributed by atoms with Crippen LogP contribution in [0.25, 0.3) is 84.1 Å². The highest BCUT2D eigenvalue weighted by Gasteiger charge is 2.20. The number of aromatic nitrogens is 3. The zero-order chi connectivity index (χ0) is 33.4. The number of rotatable bonds is 4. The maximum absolute atomic E-state index is 6.66. The van der Waals surface area contributed by atoms with Crippen molar-refractivity contribution in [2.24, 2.45) is 0 Å². The SMILES string of the molecule is C=C1C=Cc2cc(-c3nc(-c4ccccc4)nc(-c4cccc5oc6c(-c7ccc8ccccc8c7)cccc6c45)n3)ccc2C/C=C\C=C/1. The molecule has 0 N–H and O–H groups in total. The molecule has 8 aromatic rings. The lowest BCUT2D eigenvalue weighted by Gasteiger charge is -2.11. The zero-order valence-electron chi connectivity index (χ0n) is 27.3. The molecule has 0 bridgehead atoms. The molecular weight excluding hydrogens is 611 g/mol. The largest absolute Gasteiger partial charge is 0.455 e. The summed E-state index contributed by atoms with van der Waals surface area (Å²) in [5, 5.41) is 4.40. The standard InChI is InChI=1S/C46H31N3O/c1-30-12-4-2-5-13-32-25-27-37(29-35(32)23-22-30)45-47-44(33-15-6-3-7-16-33)48-46(49-45)40-20-11-21-41-42(40)39-19-10-18-38(43(39)50-41)36-26-24-31-14-8-9-17-34(31)28-36/h2-12,14-29H,1,13H2/b5-2-,12-4-,23-22?. The summed E-state index contributed by atoms with van der Waals surface area (Å²) < 4.78 is 6.66. The maximum atomic E-state index is 6.66. The molecule has 4 nitrogen and oxygen atoms in total. The Hall–Kier alpha value is -6.65. The van der Waals surface area contributed by atoms with Crippen LogP contribution in [0.3, 0.4) is 0 Å². The van der Waals surface area contributed by atoms with Gasteiger partial charge in [0, 0.05) is 33.0 Å². The van der Waals surface area contributed by atoms with Crippen molar-refractivity contribution in [3.63, 3.8) is 0 Å². The van der Waals surface area contributed by atoms with Crippen LogP contribution in [0, 0.1) is 0 Å². The molecule has 236 valence electrons. The van der Waals surface area contributed by atoms with E-state index < -0.39 is 0 Å². The van der Waals surface area contributed by atoms with Gasteiger partial charge >= 0.3 is 0 Å². The smallest absolute Gasteiger partial charge is 0.164 e. The molecule has 0 radical (unpaired) electrons. The van der Waals surface area contributed by atoms with Crippen LogP contribution in [0.1, 0.15) is 11.1 Å². The van der Waals surface area contributed by atoms with Crippen molar-refractivity contribution in [1.82, 2.24) is 15.0 Å². The Morgan fingerprint density at radius 1 is 0.540 bits per heavy atom. The molecule has 9 rings (SSSR count). The van der Waals surface area contributed by atoms with E-state index in [0.29, 0.717) is 17.5 Å². The molecule has 50 heavy (non-hydrogen) atoms. The summed E-state index contributed by atoms with van der Waals surface area (Å²) >= 11 is 0. The molecular formula is C46H31N3O. The lowest BCUT2D eigenvalue weighted by molar-refractivity contribution is 0.670. The van der Waals surface area contributed by atoms with E-state index in [-0.39, 0.29) is 0 Å². The van der Waals surface area contributed by atoms with E-state index in [2.05, 4.69) is 110 Å². The molecule has 2 aromatic heterocycles. The van der Waals surface area contributed by atoms with Crippen LogP contribution in [0.2, 0.25) is 0 Å². The fraction of sp³-hybridized carbons (Fsp3) is 0.0217. The van der Waals surface area contributed by atoms with Gasteiger partial charge in [-0.25, -0.2) is 15.0 Å². The predicted octanol–water partition coefficient (Wildman–Crippen LogP) is 11.8. The number of hydrogen-bond acceptors (Lipinski definition) is 4. The molecule has 0 atom stereocenters. The average Bonchev–Trinajstić information content (AvgIpc) is 3.56. The van der Waals surface area contributed by atoms with Crippen molar-refractivity contribution in [2.75, 3.05) is 0 Å². The molecule has 4 heteroatoms. The fourth-order valence-corrected chi connectivity index (χ4v) is 6.74. The zero-order valence-corrected chi connectivity index (χ0v) is 27.3. The quantitative estimate of drug-likeness (QED) is 0.192. The normalized spacial score (nSPS) is 14.2. The van der Waals surface area contributed by atoms with Gasteiger partial charge in [-0.3, -0.25) is 0 Å². The molecule has 6 aromatic carbocycles. The van der Waals surface area contributed by atoms with Gasteiger partial charge in [0.2, 0.25) is 0 Å². The minimum absolute atomic E-state index is 0.593. The molecule has 1 aliphatic carbocycles. The van der Waals surface area contributed by atoms with E-state index in [1.165, 1.54) is 16.3 Å². The molecule has 1 aliphatic rings. The van der Waals surface area contributed by atoms with Gasteiger partial charge in [-0.15, -0.1) is 0 Å². The second kappa shape index (κ2) is 12.4. The van der Waals surface area contributed by atoms with Gasteiger partial charge in [0.15, 0.2) is 17.5 Å². The number of nitrogens with zero attached hydrogens (tertiary/aromatic N) is 3. The molecule has 0 fully saturated rings. The van der Waals surface area contributed by atoms with Gasteiger partial charge in [0.1, 0.15) is 11.2 Å². The molecule has 0 saturated heterocycles. The topological polar surface area (TPSA) is 51.8 Å². The Morgan fingerprint density at radius 2 is 1.30 bits per heavy atom. The minimum atomic E-state index is 0.593. The Bertz CT molecular complexity index is 2700. The summed E-state index contributed by atoms with van der Waals surface area (Å²) in [7, 11) is 0. The van der Waals surface area contributed by atoms with E-state index in [9.17, 15) is 0 Å². The van der Waals surface area contributed by atoms with Crippen molar-refractivity contribution < 1.29 is 4.42 Å². The molecule has 0 saturated carbocycles. The van der Waals surface area contributed by atoms with Gasteiger partial charge in [-0.2, -0.15) is 0 Å². The molecule has 0 aliphatic heterocycles. The van der Waals surface area contributed by atoms with Crippen LogP contribution in [-0.4, -0.2) is 15.0 Å². The number of allylic oxidation sites excluding steroid dienone is 6. The first-order chi connectivity index (χ1) is 24.7. The fourth-order valence-electron chi connectivity index (χ4n) is 6.74. The van der Waals surface area contributed by atoms with E-state index in [1.54, 1.807) is 0 Å². The van der Waals surface area contributed by atoms with Crippen LogP contribution in [-0.2, 0) is 6.42 Å². The first kappa shape index (κ1) is 29.5. The van der Waals surface area contributed by atoms with Crippen molar-refractivity contribution in [3.8, 4) is 45.3 Å². The number of hydrogen-bond donors (Lipinski definition) is 0. The van der Waals surface area contributed by atoms with Gasteiger partial charge in [-0.05, 0) is 57.7 Å². The van der Waals surface area contributed by atoms with Gasteiger partial charge < -0.3 is 4.42 Å². The number of furan rings is 1. The van der Waals surface area contributed by atoms with E-state index >= 15 is 0 Å². The second-order valence-corrected chi connectivity index (χ2v) is 12.5. The monoisotopic (exact) mass is 641 g/mol. The third-order valence-electron chi connectivity index (χ3n) is 9.27. The Morgan fingerprint density at radius 3 is 2.20 bits per heavy atom. The van der Waals surface area contributed by atoms with Gasteiger partial charge in [0.05, 0.1) is 0 Å². The van der Waals surface area contributed by atoms with Crippen LogP contribution in [0.5, 0.6) is 0 Å². The summed E-state index contributed by atoms with van der Waals surface area (Å²) in [6.45, 7) is 4.16.